The molecule has 0 nitrogen and oxygen atoms in total. The first kappa shape index (κ1) is 27.7. The average Bonchev–Trinajstić information content (AvgIpc) is 2.64. The van der Waals surface area contributed by atoms with E-state index in [1.807, 2.05) is 0 Å². The van der Waals surface area contributed by atoms with Crippen LogP contribution in [0.2, 0.25) is 0 Å². The Kier molecular flexibility index (Phi) is 14.2. The van der Waals surface area contributed by atoms with Crippen LogP contribution in [-0.2, 0) is 20.4 Å². The van der Waals surface area contributed by atoms with Crippen molar-refractivity contribution in [2.45, 2.75) is 60.3 Å². The summed E-state index contributed by atoms with van der Waals surface area (Å²) in [4.78, 5) is 0. The molecular weight excluding hydrogens is 423 g/mol. The van der Waals surface area contributed by atoms with Crippen LogP contribution in [0.25, 0.3) is 0 Å². The second-order valence-electron chi connectivity index (χ2n) is 6.90. The molecule has 25 heavy (non-hydrogen) atoms. The zero-order valence-electron chi connectivity index (χ0n) is 16.0. The topological polar surface area (TPSA) is 0 Å². The van der Waals surface area contributed by atoms with Gasteiger partial charge in [0.25, 0.3) is 0 Å². The van der Waals surface area contributed by atoms with Crippen molar-refractivity contribution >= 4 is 14.7 Å². The SMILES string of the molecule is CCCCCC1=C(C)[C]([Ti+3])=C([SiH2]c2cc(C)cc(C)c2)C1C.[Cl-].[Cl-].[Cl-]. The Morgan fingerprint density at radius 2 is 1.52 bits per heavy atom. The van der Waals surface area contributed by atoms with Gasteiger partial charge in [0, 0.05) is 0 Å². The zero-order chi connectivity index (χ0) is 16.3. The molecule has 1 aromatic carbocycles. The molecule has 1 aromatic rings. The summed E-state index contributed by atoms with van der Waals surface area (Å²) < 4.78 is 1.62. The number of hydrogen-bond donors (Lipinski definition) is 0. The fraction of sp³-hybridized carbons (Fsp3) is 0.500. The summed E-state index contributed by atoms with van der Waals surface area (Å²) in [5.41, 5.74) is 6.17. The third-order valence-electron chi connectivity index (χ3n) is 4.95. The molecular formula is C20H29Cl3SiTi. The molecule has 0 spiro atoms. The number of rotatable bonds is 6. The van der Waals surface area contributed by atoms with Crippen LogP contribution in [0.4, 0.5) is 0 Å². The van der Waals surface area contributed by atoms with Crippen LogP contribution >= 0.6 is 0 Å². The van der Waals surface area contributed by atoms with E-state index in [0.29, 0.717) is 5.92 Å². The van der Waals surface area contributed by atoms with Crippen LogP contribution in [0.5, 0.6) is 0 Å². The van der Waals surface area contributed by atoms with E-state index < -0.39 is 0 Å². The van der Waals surface area contributed by atoms with Crippen LogP contribution in [0.1, 0.15) is 57.6 Å². The summed E-state index contributed by atoms with van der Waals surface area (Å²) in [6.07, 6.45) is 5.35. The van der Waals surface area contributed by atoms with Gasteiger partial charge in [-0.1, -0.05) is 0 Å². The van der Waals surface area contributed by atoms with Gasteiger partial charge in [0.1, 0.15) is 0 Å². The van der Waals surface area contributed by atoms with Crippen LogP contribution in [0.15, 0.2) is 38.4 Å². The summed E-state index contributed by atoms with van der Waals surface area (Å²) in [5, 5.41) is 3.40. The minimum Gasteiger partial charge on any atom is -1.00 e. The second-order valence-corrected chi connectivity index (χ2v) is 9.61. The van der Waals surface area contributed by atoms with Crippen molar-refractivity contribution in [1.82, 2.24) is 0 Å². The molecule has 0 aromatic heterocycles. The van der Waals surface area contributed by atoms with Crippen molar-refractivity contribution in [3.8, 4) is 0 Å². The first-order valence-corrected chi connectivity index (χ1v) is 10.8. The van der Waals surface area contributed by atoms with E-state index in [9.17, 15) is 0 Å². The molecule has 0 N–H and O–H groups in total. The summed E-state index contributed by atoms with van der Waals surface area (Å²) in [5.74, 6) is 0.698. The molecule has 5 heteroatoms. The molecule has 0 bridgehead atoms. The van der Waals surface area contributed by atoms with Crippen LogP contribution in [0, 0.1) is 19.8 Å². The van der Waals surface area contributed by atoms with Crippen molar-refractivity contribution in [2.75, 3.05) is 0 Å². The van der Waals surface area contributed by atoms with Gasteiger partial charge in [-0.3, -0.25) is 0 Å². The number of benzene rings is 1. The van der Waals surface area contributed by atoms with Gasteiger partial charge in [0.05, 0.1) is 0 Å². The maximum absolute atomic E-state index is 2.45. The smallest absolute Gasteiger partial charge is 1.00 e. The van der Waals surface area contributed by atoms with Crippen LogP contribution in [-0.4, -0.2) is 9.52 Å². The Morgan fingerprint density at radius 1 is 0.960 bits per heavy atom. The van der Waals surface area contributed by atoms with E-state index >= 15 is 0 Å². The van der Waals surface area contributed by atoms with E-state index in [0.717, 1.165) is 0 Å². The molecule has 138 valence electrons. The van der Waals surface area contributed by atoms with Gasteiger partial charge in [-0.25, -0.2) is 0 Å². The van der Waals surface area contributed by atoms with Gasteiger partial charge < -0.3 is 37.2 Å². The molecule has 1 unspecified atom stereocenters. The van der Waals surface area contributed by atoms with E-state index in [-0.39, 0.29) is 46.7 Å². The maximum Gasteiger partial charge on any atom is -1.00 e. The third-order valence-corrected chi connectivity index (χ3v) is 8.75. The van der Waals surface area contributed by atoms with Crippen LogP contribution < -0.4 is 42.4 Å². The molecule has 0 fully saturated rings. The van der Waals surface area contributed by atoms with Gasteiger partial charge in [0.15, 0.2) is 0 Å². The van der Waals surface area contributed by atoms with E-state index in [4.69, 9.17) is 0 Å². The van der Waals surface area contributed by atoms with Crippen molar-refractivity contribution in [1.29, 1.82) is 0 Å². The van der Waals surface area contributed by atoms with E-state index in [1.54, 1.807) is 25.4 Å². The van der Waals surface area contributed by atoms with Crippen molar-refractivity contribution < 1.29 is 57.7 Å². The summed E-state index contributed by atoms with van der Waals surface area (Å²) in [6, 6.07) is 7.12. The first-order chi connectivity index (χ1) is 10.4. The summed E-state index contributed by atoms with van der Waals surface area (Å²) in [7, 11) is -0.327. The first-order valence-electron chi connectivity index (χ1n) is 8.65. The molecule has 0 saturated carbocycles. The molecule has 0 heterocycles. The second kappa shape index (κ2) is 12.8. The van der Waals surface area contributed by atoms with Crippen LogP contribution in [0.3, 0.4) is 0 Å². The zero-order valence-corrected chi connectivity index (χ0v) is 21.2. The number of aryl methyl sites for hydroxylation is 2. The Bertz CT molecular complexity index is 603. The number of unbranched alkanes of at least 4 members (excludes halogenated alkanes) is 2. The quantitative estimate of drug-likeness (QED) is 0.302. The minimum atomic E-state index is -0.327. The van der Waals surface area contributed by atoms with Crippen molar-refractivity contribution in [3.63, 3.8) is 0 Å². The maximum atomic E-state index is 2.45. The molecule has 1 atom stereocenters. The number of hydrogen-bond acceptors (Lipinski definition) is 0. The van der Waals surface area contributed by atoms with Gasteiger partial charge in [-0.15, -0.1) is 0 Å². The van der Waals surface area contributed by atoms with Crippen molar-refractivity contribution in [3.05, 3.63) is 49.5 Å². The normalized spacial score (nSPS) is 16.8. The monoisotopic (exact) mass is 450 g/mol. The molecule has 2 rings (SSSR count). The summed E-state index contributed by atoms with van der Waals surface area (Å²) in [6.45, 7) is 11.6. The minimum absolute atomic E-state index is 0. The standard InChI is InChI=1S/C20H29Si.3ClH.Ti/c1-6-7-8-9-19-16(4)13-20(17(19)5)21-18-11-14(2)10-15(3)12-18;;;;/h10-12,17H,6-9,21H2,1-5H3;3*1H;/q;;;;+3/p-3. The molecule has 0 saturated heterocycles. The van der Waals surface area contributed by atoms with Crippen molar-refractivity contribution in [2.24, 2.45) is 5.92 Å². The third kappa shape index (κ3) is 7.20. The Hall–Kier alpha value is 0.501. The molecule has 0 aliphatic heterocycles. The Balaban J connectivity index is 0. The number of allylic oxidation sites excluding steroid dienone is 4. The Morgan fingerprint density at radius 3 is 2.04 bits per heavy atom. The van der Waals surface area contributed by atoms with E-state index in [1.165, 1.54) is 36.8 Å². The van der Waals surface area contributed by atoms with Gasteiger partial charge >= 0.3 is 151 Å². The number of halogens is 3. The molecule has 0 amide bonds. The molecule has 1 aliphatic carbocycles. The van der Waals surface area contributed by atoms with Gasteiger partial charge in [-0.2, -0.15) is 0 Å². The summed E-state index contributed by atoms with van der Waals surface area (Å²) >= 11 is 2.36. The predicted octanol–water partition coefficient (Wildman–Crippen LogP) is -4.59. The predicted molar refractivity (Wildman–Crippen MR) is 97.1 cm³/mol. The van der Waals surface area contributed by atoms with Gasteiger partial charge in [-0.05, 0) is 0 Å². The molecule has 0 radical (unpaired) electrons. The fourth-order valence-electron chi connectivity index (χ4n) is 3.75. The Labute approximate surface area is 187 Å². The van der Waals surface area contributed by atoms with Gasteiger partial charge in [0.2, 0.25) is 0 Å². The molecule has 1 aliphatic rings. The fourth-order valence-corrected chi connectivity index (χ4v) is 7.04. The largest absolute Gasteiger partial charge is 1.00 e. The average molecular weight is 452 g/mol. The van der Waals surface area contributed by atoms with E-state index in [2.05, 4.69) is 73.3 Å².